The number of nitrogens with one attached hydrogen (secondary N) is 1. The van der Waals surface area contributed by atoms with Crippen LogP contribution in [0.1, 0.15) is 25.3 Å². The molecule has 1 aromatic carbocycles. The summed E-state index contributed by atoms with van der Waals surface area (Å²) < 4.78 is 37.8. The number of carbonyl (C=O) groups excluding carboxylic acids is 1. The predicted octanol–water partition coefficient (Wildman–Crippen LogP) is 2.39. The number of hydrogen-bond acceptors (Lipinski definition) is 3. The van der Waals surface area contributed by atoms with Crippen molar-refractivity contribution in [2.45, 2.75) is 32.0 Å². The summed E-state index contributed by atoms with van der Waals surface area (Å²) in [7, 11) is 0. The van der Waals surface area contributed by atoms with Crippen LogP contribution in [0.2, 0.25) is 0 Å². The van der Waals surface area contributed by atoms with Gasteiger partial charge in [0.05, 0.1) is 16.9 Å². The number of piperidine rings is 1. The Kier molecular flexibility index (Phi) is 4.29. The third-order valence-corrected chi connectivity index (χ3v) is 3.60. The molecule has 3 N–H and O–H groups in total. The predicted molar refractivity (Wildman–Crippen MR) is 74.9 cm³/mol. The monoisotopic (exact) mass is 301 g/mol. The second-order valence-corrected chi connectivity index (χ2v) is 5.23. The molecule has 7 heteroatoms. The first-order valence-electron chi connectivity index (χ1n) is 6.76. The number of rotatable bonds is 2. The molecule has 2 rings (SSSR count). The van der Waals surface area contributed by atoms with Crippen LogP contribution in [-0.4, -0.2) is 25.0 Å². The summed E-state index contributed by atoms with van der Waals surface area (Å²) in [5.41, 5.74) is 5.76. The second kappa shape index (κ2) is 5.83. The molecular weight excluding hydrogens is 283 g/mol. The minimum absolute atomic E-state index is 0.0671. The van der Waals surface area contributed by atoms with Crippen LogP contribution in [0, 0.1) is 0 Å². The lowest BCUT2D eigenvalue weighted by Crippen LogP contribution is -2.44. The first kappa shape index (κ1) is 15.5. The van der Waals surface area contributed by atoms with Gasteiger partial charge in [0.1, 0.15) is 0 Å². The highest BCUT2D eigenvalue weighted by Gasteiger charge is 2.31. The van der Waals surface area contributed by atoms with Crippen LogP contribution in [0.15, 0.2) is 18.2 Å². The van der Waals surface area contributed by atoms with Gasteiger partial charge in [0.2, 0.25) is 5.91 Å². The molecule has 1 amide bonds. The summed E-state index contributed by atoms with van der Waals surface area (Å²) in [6.45, 7) is 2.78. The topological polar surface area (TPSA) is 58.4 Å². The zero-order valence-corrected chi connectivity index (χ0v) is 11.7. The van der Waals surface area contributed by atoms with Gasteiger partial charge in [-0.05, 0) is 31.0 Å². The van der Waals surface area contributed by atoms with Crippen molar-refractivity contribution in [3.05, 3.63) is 23.8 Å². The van der Waals surface area contributed by atoms with Crippen LogP contribution in [-0.2, 0) is 11.0 Å². The molecule has 0 bridgehead atoms. The van der Waals surface area contributed by atoms with E-state index in [9.17, 15) is 18.0 Å². The number of amides is 1. The second-order valence-electron chi connectivity index (χ2n) is 5.23. The number of nitrogen functional groups attached to an aromatic ring is 1. The van der Waals surface area contributed by atoms with E-state index in [4.69, 9.17) is 5.73 Å². The summed E-state index contributed by atoms with van der Waals surface area (Å²) in [6, 6.07) is 3.55. The third kappa shape index (κ3) is 3.80. The fourth-order valence-corrected chi connectivity index (χ4v) is 2.57. The summed E-state index contributed by atoms with van der Waals surface area (Å²) in [5.74, 6) is -0.0671. The van der Waals surface area contributed by atoms with E-state index in [0.29, 0.717) is 18.8 Å². The third-order valence-electron chi connectivity index (χ3n) is 3.60. The van der Waals surface area contributed by atoms with Crippen molar-refractivity contribution in [2.24, 2.45) is 0 Å². The van der Waals surface area contributed by atoms with Gasteiger partial charge in [-0.3, -0.25) is 4.79 Å². The van der Waals surface area contributed by atoms with Crippen LogP contribution in [0.4, 0.5) is 24.5 Å². The maximum atomic E-state index is 12.6. The fourth-order valence-electron chi connectivity index (χ4n) is 2.57. The fraction of sp³-hybridized carbons (Fsp3) is 0.500. The van der Waals surface area contributed by atoms with Crippen LogP contribution in [0.3, 0.4) is 0 Å². The van der Waals surface area contributed by atoms with Gasteiger partial charge in [-0.25, -0.2) is 0 Å². The molecule has 0 radical (unpaired) electrons. The van der Waals surface area contributed by atoms with E-state index in [2.05, 4.69) is 5.32 Å². The Balaban J connectivity index is 2.05. The van der Waals surface area contributed by atoms with Crippen molar-refractivity contribution in [1.82, 2.24) is 5.32 Å². The molecule has 4 nitrogen and oxygen atoms in total. The quantitative estimate of drug-likeness (QED) is 0.825. The molecule has 1 aromatic rings. The zero-order chi connectivity index (χ0) is 15.6. The van der Waals surface area contributed by atoms with Gasteiger partial charge in [0.15, 0.2) is 0 Å². The van der Waals surface area contributed by atoms with Crippen LogP contribution < -0.4 is 16.0 Å². The number of nitrogens with two attached hydrogens (primary N) is 1. The highest BCUT2D eigenvalue weighted by atomic mass is 19.4. The molecule has 116 valence electrons. The Morgan fingerprint density at radius 3 is 2.43 bits per heavy atom. The van der Waals surface area contributed by atoms with Gasteiger partial charge < -0.3 is 16.0 Å². The molecular formula is C14H18F3N3O. The molecule has 1 heterocycles. The van der Waals surface area contributed by atoms with Gasteiger partial charge in [-0.1, -0.05) is 0 Å². The average molecular weight is 301 g/mol. The van der Waals surface area contributed by atoms with Crippen molar-refractivity contribution >= 4 is 17.3 Å². The van der Waals surface area contributed by atoms with Gasteiger partial charge in [0.25, 0.3) is 0 Å². The number of benzene rings is 1. The maximum Gasteiger partial charge on any atom is 0.416 e. The van der Waals surface area contributed by atoms with Crippen LogP contribution in [0.25, 0.3) is 0 Å². The number of hydrogen-bond donors (Lipinski definition) is 2. The Morgan fingerprint density at radius 1 is 1.33 bits per heavy atom. The molecule has 0 aliphatic carbocycles. The van der Waals surface area contributed by atoms with Crippen molar-refractivity contribution in [3.8, 4) is 0 Å². The lowest BCUT2D eigenvalue weighted by Gasteiger charge is -2.34. The number of nitrogens with zero attached hydrogens (tertiary/aromatic N) is 1. The summed E-state index contributed by atoms with van der Waals surface area (Å²) in [5, 5.41) is 2.85. The SMILES string of the molecule is CC(=O)NC1CCN(c2ccc(C(F)(F)F)cc2N)CC1. The van der Waals surface area contributed by atoms with Crippen molar-refractivity contribution in [2.75, 3.05) is 23.7 Å². The molecule has 21 heavy (non-hydrogen) atoms. The molecule has 0 unspecified atom stereocenters. The van der Waals surface area contributed by atoms with Crippen LogP contribution in [0.5, 0.6) is 0 Å². The number of halogens is 3. The minimum atomic E-state index is -4.38. The standard InChI is InChI=1S/C14H18F3N3O/c1-9(21)19-11-4-6-20(7-5-11)13-3-2-10(8-12(13)18)14(15,16)17/h2-3,8,11H,4-7,18H2,1H3,(H,19,21). The largest absolute Gasteiger partial charge is 0.416 e. The summed E-state index contributed by atoms with van der Waals surface area (Å²) >= 11 is 0. The lowest BCUT2D eigenvalue weighted by molar-refractivity contribution is -0.137. The van der Waals surface area contributed by atoms with Crippen molar-refractivity contribution in [3.63, 3.8) is 0 Å². The van der Waals surface area contributed by atoms with E-state index in [1.54, 1.807) is 0 Å². The van der Waals surface area contributed by atoms with E-state index >= 15 is 0 Å². The number of anilines is 2. The molecule has 1 saturated heterocycles. The molecule has 0 atom stereocenters. The Morgan fingerprint density at radius 2 is 1.95 bits per heavy atom. The Hall–Kier alpha value is -1.92. The van der Waals surface area contributed by atoms with Gasteiger partial charge in [-0.2, -0.15) is 13.2 Å². The van der Waals surface area contributed by atoms with E-state index in [1.807, 2.05) is 4.90 Å². The average Bonchev–Trinajstić information content (AvgIpc) is 2.38. The molecule has 1 aliphatic rings. The molecule has 1 fully saturated rings. The van der Waals surface area contributed by atoms with Crippen molar-refractivity contribution < 1.29 is 18.0 Å². The number of alkyl halides is 3. The van der Waals surface area contributed by atoms with Crippen molar-refractivity contribution in [1.29, 1.82) is 0 Å². The minimum Gasteiger partial charge on any atom is -0.397 e. The van der Waals surface area contributed by atoms with E-state index < -0.39 is 11.7 Å². The van der Waals surface area contributed by atoms with Gasteiger partial charge in [-0.15, -0.1) is 0 Å². The maximum absolute atomic E-state index is 12.6. The first-order chi connectivity index (χ1) is 9.77. The smallest absolute Gasteiger partial charge is 0.397 e. The normalized spacial score (nSPS) is 16.9. The molecule has 0 spiro atoms. The van der Waals surface area contributed by atoms with E-state index in [1.165, 1.54) is 13.0 Å². The summed E-state index contributed by atoms with van der Waals surface area (Å²) in [6.07, 6.45) is -2.88. The lowest BCUT2D eigenvalue weighted by atomic mass is 10.0. The first-order valence-corrected chi connectivity index (χ1v) is 6.76. The van der Waals surface area contributed by atoms with E-state index in [-0.39, 0.29) is 17.6 Å². The molecule has 0 aromatic heterocycles. The van der Waals surface area contributed by atoms with Gasteiger partial charge in [0, 0.05) is 26.1 Å². The molecule has 0 saturated carbocycles. The molecule has 1 aliphatic heterocycles. The highest BCUT2D eigenvalue weighted by molar-refractivity contribution is 5.73. The van der Waals surface area contributed by atoms with E-state index in [0.717, 1.165) is 25.0 Å². The zero-order valence-electron chi connectivity index (χ0n) is 11.7. The van der Waals surface area contributed by atoms with Crippen LogP contribution >= 0.6 is 0 Å². The highest BCUT2D eigenvalue weighted by Crippen LogP contribution is 2.34. The Bertz CT molecular complexity index is 523. The summed E-state index contributed by atoms with van der Waals surface area (Å²) in [4.78, 5) is 12.9. The van der Waals surface area contributed by atoms with Gasteiger partial charge >= 0.3 is 6.18 Å². The number of carbonyl (C=O) groups is 1. The Labute approximate surface area is 121 Å².